The van der Waals surface area contributed by atoms with Crippen LogP contribution in [0.25, 0.3) is 11.4 Å². The Bertz CT molecular complexity index is 1050. The van der Waals surface area contributed by atoms with Crippen molar-refractivity contribution in [2.45, 2.75) is 19.4 Å². The van der Waals surface area contributed by atoms with Crippen LogP contribution >= 0.6 is 0 Å². The molecule has 4 rings (SSSR count). The van der Waals surface area contributed by atoms with Gasteiger partial charge in [-0.2, -0.15) is 4.98 Å². The van der Waals surface area contributed by atoms with E-state index in [0.29, 0.717) is 44.2 Å². The highest BCUT2D eigenvalue weighted by atomic mass is 19.2. The van der Waals surface area contributed by atoms with Gasteiger partial charge >= 0.3 is 0 Å². The van der Waals surface area contributed by atoms with E-state index < -0.39 is 11.6 Å². The molecule has 0 spiro atoms. The molecule has 0 atom stereocenters. The second-order valence-corrected chi connectivity index (χ2v) is 7.41. The summed E-state index contributed by atoms with van der Waals surface area (Å²) in [6.45, 7) is 1.88. The highest BCUT2D eigenvalue weighted by Gasteiger charge is 2.26. The minimum absolute atomic E-state index is 0.190. The maximum atomic E-state index is 13.3. The van der Waals surface area contributed by atoms with Crippen LogP contribution in [0, 0.1) is 17.6 Å². The molecule has 1 fully saturated rings. The third kappa shape index (κ3) is 5.05. The fraction of sp³-hybridized carbons (Fsp3) is 0.318. The van der Waals surface area contributed by atoms with Crippen molar-refractivity contribution >= 4 is 11.6 Å². The SMILES string of the molecule is COc1ccc(-c2noc(CN3CCC(C(=O)Nc4ccc(F)c(F)c4)CC3)n2)cc1. The van der Waals surface area contributed by atoms with Gasteiger partial charge in [-0.3, -0.25) is 9.69 Å². The molecule has 1 saturated heterocycles. The molecule has 2 aromatic carbocycles. The van der Waals surface area contributed by atoms with Crippen LogP contribution < -0.4 is 10.1 Å². The molecular weight excluding hydrogens is 406 g/mol. The number of carbonyl (C=O) groups excluding carboxylic acids is 1. The van der Waals surface area contributed by atoms with Crippen LogP contribution in [0.2, 0.25) is 0 Å². The standard InChI is InChI=1S/C22H22F2N4O3/c1-30-17-5-2-14(3-6-17)21-26-20(31-27-21)13-28-10-8-15(9-11-28)22(29)25-16-4-7-18(23)19(24)12-16/h2-7,12,15H,8-11,13H2,1H3,(H,25,29). The topological polar surface area (TPSA) is 80.5 Å². The van der Waals surface area contributed by atoms with E-state index in [9.17, 15) is 13.6 Å². The average molecular weight is 428 g/mol. The van der Waals surface area contributed by atoms with Gasteiger partial charge in [0.1, 0.15) is 5.75 Å². The molecule has 0 bridgehead atoms. The highest BCUT2D eigenvalue weighted by molar-refractivity contribution is 5.92. The normalized spacial score (nSPS) is 15.1. The van der Waals surface area contributed by atoms with Crippen molar-refractivity contribution < 1.29 is 22.8 Å². The Morgan fingerprint density at radius 2 is 1.90 bits per heavy atom. The molecule has 0 unspecified atom stereocenters. The van der Waals surface area contributed by atoms with Crippen molar-refractivity contribution in [3.8, 4) is 17.1 Å². The number of carbonyl (C=O) groups is 1. The van der Waals surface area contributed by atoms with Crippen LogP contribution in [0.5, 0.6) is 5.75 Å². The number of rotatable bonds is 6. The van der Waals surface area contributed by atoms with Gasteiger partial charge in [0.25, 0.3) is 0 Å². The Balaban J connectivity index is 1.28. The molecular formula is C22H22F2N4O3. The Morgan fingerprint density at radius 3 is 2.58 bits per heavy atom. The molecule has 0 radical (unpaired) electrons. The van der Waals surface area contributed by atoms with E-state index >= 15 is 0 Å². The first-order chi connectivity index (χ1) is 15.0. The highest BCUT2D eigenvalue weighted by Crippen LogP contribution is 2.23. The van der Waals surface area contributed by atoms with E-state index in [1.54, 1.807) is 7.11 Å². The first kappa shape index (κ1) is 20.9. The largest absolute Gasteiger partial charge is 0.497 e. The summed E-state index contributed by atoms with van der Waals surface area (Å²) in [6, 6.07) is 10.7. The first-order valence-electron chi connectivity index (χ1n) is 9.97. The van der Waals surface area contributed by atoms with Gasteiger partial charge in [-0.25, -0.2) is 8.78 Å². The zero-order chi connectivity index (χ0) is 21.8. The Morgan fingerprint density at radius 1 is 1.16 bits per heavy atom. The van der Waals surface area contributed by atoms with Crippen molar-refractivity contribution in [1.29, 1.82) is 0 Å². The summed E-state index contributed by atoms with van der Waals surface area (Å²) in [7, 11) is 1.61. The van der Waals surface area contributed by atoms with Crippen molar-refractivity contribution in [2.75, 3.05) is 25.5 Å². The molecule has 0 saturated carbocycles. The summed E-state index contributed by atoms with van der Waals surface area (Å²) in [4.78, 5) is 19.0. The Kier molecular flexibility index (Phi) is 6.22. The summed E-state index contributed by atoms with van der Waals surface area (Å²) in [5.74, 6) is -0.534. The minimum atomic E-state index is -0.985. The molecule has 9 heteroatoms. The number of hydrogen-bond donors (Lipinski definition) is 1. The van der Waals surface area contributed by atoms with Crippen molar-refractivity contribution in [1.82, 2.24) is 15.0 Å². The van der Waals surface area contributed by atoms with Crippen LogP contribution in [-0.4, -0.2) is 41.1 Å². The van der Waals surface area contributed by atoms with Crippen LogP contribution in [-0.2, 0) is 11.3 Å². The predicted octanol–water partition coefficient (Wildman–Crippen LogP) is 3.87. The number of benzene rings is 2. The molecule has 1 amide bonds. The number of piperidine rings is 1. The summed E-state index contributed by atoms with van der Waals surface area (Å²) in [6.07, 6.45) is 1.30. The van der Waals surface area contributed by atoms with Crippen LogP contribution in [0.1, 0.15) is 18.7 Å². The molecule has 31 heavy (non-hydrogen) atoms. The van der Waals surface area contributed by atoms with Gasteiger partial charge in [-0.05, 0) is 62.3 Å². The molecule has 0 aliphatic carbocycles. The zero-order valence-corrected chi connectivity index (χ0v) is 17.0. The number of anilines is 1. The molecule has 3 aromatic rings. The second kappa shape index (κ2) is 9.22. The molecule has 162 valence electrons. The quantitative estimate of drug-likeness (QED) is 0.642. The summed E-state index contributed by atoms with van der Waals surface area (Å²) >= 11 is 0. The number of hydrogen-bond acceptors (Lipinski definition) is 6. The third-order valence-corrected chi connectivity index (χ3v) is 5.32. The van der Waals surface area contributed by atoms with Gasteiger partial charge in [0.05, 0.1) is 13.7 Å². The first-order valence-corrected chi connectivity index (χ1v) is 9.97. The monoisotopic (exact) mass is 428 g/mol. The maximum Gasteiger partial charge on any atom is 0.241 e. The minimum Gasteiger partial charge on any atom is -0.497 e. The number of halogens is 2. The lowest BCUT2D eigenvalue weighted by Gasteiger charge is -2.30. The summed E-state index contributed by atoms with van der Waals surface area (Å²) in [5, 5.41) is 6.70. The van der Waals surface area contributed by atoms with Gasteiger partial charge in [-0.15, -0.1) is 0 Å². The predicted molar refractivity (Wildman–Crippen MR) is 109 cm³/mol. The number of nitrogens with zero attached hydrogens (tertiary/aromatic N) is 3. The van der Waals surface area contributed by atoms with Gasteiger partial charge in [0.2, 0.25) is 17.6 Å². The number of likely N-dealkylation sites (tertiary alicyclic amines) is 1. The van der Waals surface area contributed by atoms with E-state index in [1.165, 1.54) is 6.07 Å². The third-order valence-electron chi connectivity index (χ3n) is 5.32. The van der Waals surface area contributed by atoms with Crippen molar-refractivity contribution in [3.05, 3.63) is 60.0 Å². The smallest absolute Gasteiger partial charge is 0.241 e. The van der Waals surface area contributed by atoms with Crippen molar-refractivity contribution in [3.63, 3.8) is 0 Å². The van der Waals surface area contributed by atoms with Gasteiger partial charge in [-0.1, -0.05) is 5.16 Å². The molecule has 1 aliphatic rings. The Hall–Kier alpha value is -3.33. The lowest BCUT2D eigenvalue weighted by atomic mass is 9.96. The number of methoxy groups -OCH3 is 1. The number of nitrogens with one attached hydrogen (secondary N) is 1. The Labute approximate surface area is 178 Å². The fourth-order valence-corrected chi connectivity index (χ4v) is 3.54. The van der Waals surface area contributed by atoms with E-state index in [2.05, 4.69) is 20.4 Å². The van der Waals surface area contributed by atoms with E-state index in [4.69, 9.17) is 9.26 Å². The second-order valence-electron chi connectivity index (χ2n) is 7.41. The molecule has 7 nitrogen and oxygen atoms in total. The average Bonchev–Trinajstić information content (AvgIpc) is 3.25. The van der Waals surface area contributed by atoms with Gasteiger partial charge in [0.15, 0.2) is 11.6 Å². The molecule has 1 aromatic heterocycles. The van der Waals surface area contributed by atoms with Gasteiger partial charge < -0.3 is 14.6 Å². The van der Waals surface area contributed by atoms with E-state index in [-0.39, 0.29) is 17.5 Å². The van der Waals surface area contributed by atoms with E-state index in [1.807, 2.05) is 24.3 Å². The molecule has 1 N–H and O–H groups in total. The summed E-state index contributed by atoms with van der Waals surface area (Å²) in [5.41, 5.74) is 1.09. The lowest BCUT2D eigenvalue weighted by molar-refractivity contribution is -0.121. The fourth-order valence-electron chi connectivity index (χ4n) is 3.54. The van der Waals surface area contributed by atoms with Crippen LogP contribution in [0.3, 0.4) is 0 Å². The van der Waals surface area contributed by atoms with E-state index in [0.717, 1.165) is 23.4 Å². The van der Waals surface area contributed by atoms with Crippen molar-refractivity contribution in [2.24, 2.45) is 5.92 Å². The summed E-state index contributed by atoms with van der Waals surface area (Å²) < 4.78 is 36.9. The van der Waals surface area contributed by atoms with Gasteiger partial charge in [0, 0.05) is 23.2 Å². The molecule has 1 aliphatic heterocycles. The maximum absolute atomic E-state index is 13.3. The number of ether oxygens (including phenoxy) is 1. The van der Waals surface area contributed by atoms with Crippen LogP contribution in [0.4, 0.5) is 14.5 Å². The lowest BCUT2D eigenvalue weighted by Crippen LogP contribution is -2.37. The zero-order valence-electron chi connectivity index (χ0n) is 17.0. The molecule has 2 heterocycles. The van der Waals surface area contributed by atoms with Crippen LogP contribution in [0.15, 0.2) is 47.0 Å². The number of aromatic nitrogens is 2. The number of amides is 1.